The topological polar surface area (TPSA) is 0 Å². The predicted octanol–water partition coefficient (Wildman–Crippen LogP) is 6.91. The van der Waals surface area contributed by atoms with Crippen LogP contribution in [-0.2, 0) is 0 Å². The molecule has 4 aromatic carbocycles. The summed E-state index contributed by atoms with van der Waals surface area (Å²) in [5.74, 6) is 0.757. The Bertz CT molecular complexity index is 1130. The average Bonchev–Trinajstić information content (AvgIpc) is 2.70. The van der Waals surface area contributed by atoms with Gasteiger partial charge in [-0.15, -0.1) is 0 Å². The SMILES string of the molecule is C1=CC(C2C=Cc3cccc4cccc2c34)c2cccc3cccc1c23. The van der Waals surface area contributed by atoms with Crippen molar-refractivity contribution in [2.75, 3.05) is 0 Å². The van der Waals surface area contributed by atoms with Gasteiger partial charge in [0.1, 0.15) is 0 Å². The van der Waals surface area contributed by atoms with Crippen molar-refractivity contribution in [2.24, 2.45) is 0 Å². The van der Waals surface area contributed by atoms with E-state index in [2.05, 4.69) is 97.1 Å². The Hall–Kier alpha value is -3.12. The van der Waals surface area contributed by atoms with Gasteiger partial charge in [-0.2, -0.15) is 0 Å². The maximum absolute atomic E-state index is 2.40. The van der Waals surface area contributed by atoms with Crippen molar-refractivity contribution in [1.82, 2.24) is 0 Å². The predicted molar refractivity (Wildman–Crippen MR) is 111 cm³/mol. The highest BCUT2D eigenvalue weighted by Crippen LogP contribution is 2.46. The lowest BCUT2D eigenvalue weighted by Crippen LogP contribution is -2.13. The Morgan fingerprint density at radius 3 is 1.35 bits per heavy atom. The molecule has 26 heavy (non-hydrogen) atoms. The second-order valence-electron chi connectivity index (χ2n) is 7.35. The summed E-state index contributed by atoms with van der Waals surface area (Å²) in [6.45, 7) is 0. The fourth-order valence-corrected chi connectivity index (χ4v) is 4.88. The van der Waals surface area contributed by atoms with Gasteiger partial charge in [-0.25, -0.2) is 0 Å². The Morgan fingerprint density at radius 2 is 0.885 bits per heavy atom. The first-order valence-electron chi connectivity index (χ1n) is 9.30. The van der Waals surface area contributed by atoms with Crippen LogP contribution < -0.4 is 0 Å². The molecule has 2 aliphatic rings. The fraction of sp³-hybridized carbons (Fsp3) is 0.0769. The number of hydrogen-bond acceptors (Lipinski definition) is 0. The highest BCUT2D eigenvalue weighted by Gasteiger charge is 2.28. The van der Waals surface area contributed by atoms with Crippen molar-refractivity contribution in [3.63, 3.8) is 0 Å². The monoisotopic (exact) mass is 330 g/mol. The molecule has 0 heterocycles. The molecular formula is C26H18. The van der Waals surface area contributed by atoms with E-state index < -0.39 is 0 Å². The summed E-state index contributed by atoms with van der Waals surface area (Å²) in [5.41, 5.74) is 5.58. The molecule has 122 valence electrons. The molecule has 0 N–H and O–H groups in total. The molecule has 0 aliphatic heterocycles. The summed E-state index contributed by atoms with van der Waals surface area (Å²) < 4.78 is 0. The van der Waals surface area contributed by atoms with Crippen molar-refractivity contribution < 1.29 is 0 Å². The van der Waals surface area contributed by atoms with E-state index in [0.717, 1.165) is 0 Å². The van der Waals surface area contributed by atoms with Gasteiger partial charge < -0.3 is 0 Å². The van der Waals surface area contributed by atoms with Gasteiger partial charge in [0.05, 0.1) is 0 Å². The minimum atomic E-state index is 0.379. The van der Waals surface area contributed by atoms with E-state index in [1.165, 1.54) is 43.8 Å². The Balaban J connectivity index is 1.60. The second kappa shape index (κ2) is 5.19. The maximum Gasteiger partial charge on any atom is 0.0131 e. The summed E-state index contributed by atoms with van der Waals surface area (Å²) in [6, 6.07) is 26.7. The molecule has 0 saturated carbocycles. The molecule has 2 unspecified atom stereocenters. The van der Waals surface area contributed by atoms with Crippen LogP contribution in [0.1, 0.15) is 34.1 Å². The van der Waals surface area contributed by atoms with Crippen LogP contribution in [0.4, 0.5) is 0 Å². The molecule has 2 aliphatic carbocycles. The standard InChI is InChI=1S/C26H18/c1-5-17-9-3-11-23-21(15-13-19(7-1)25(17)23)22-16-14-20-8-2-6-18-10-4-12-24(22)26(18)20/h1-16,21-22H. The smallest absolute Gasteiger partial charge is 0.0131 e. The molecule has 0 saturated heterocycles. The molecule has 0 radical (unpaired) electrons. The van der Waals surface area contributed by atoms with Gasteiger partial charge in [0.2, 0.25) is 0 Å². The normalized spacial score (nSPS) is 20.0. The molecular weight excluding hydrogens is 312 g/mol. The Kier molecular flexibility index (Phi) is 2.81. The zero-order valence-electron chi connectivity index (χ0n) is 14.4. The first kappa shape index (κ1) is 14.1. The van der Waals surface area contributed by atoms with Crippen LogP contribution in [-0.4, -0.2) is 0 Å². The first-order chi connectivity index (χ1) is 12.9. The lowest BCUT2D eigenvalue weighted by atomic mass is 9.73. The lowest BCUT2D eigenvalue weighted by Gasteiger charge is -2.30. The largest absolute Gasteiger partial charge is 0.0754 e. The van der Waals surface area contributed by atoms with E-state index in [1.54, 1.807) is 0 Å². The van der Waals surface area contributed by atoms with Gasteiger partial charge in [-0.1, -0.05) is 97.1 Å². The van der Waals surface area contributed by atoms with Crippen LogP contribution in [0.2, 0.25) is 0 Å². The molecule has 0 heteroatoms. The molecule has 6 rings (SSSR count). The number of allylic oxidation sites excluding steroid dienone is 2. The highest BCUT2D eigenvalue weighted by atomic mass is 14.3. The second-order valence-corrected chi connectivity index (χ2v) is 7.35. The number of rotatable bonds is 1. The van der Waals surface area contributed by atoms with Crippen LogP contribution in [0.5, 0.6) is 0 Å². The zero-order valence-corrected chi connectivity index (χ0v) is 14.4. The maximum atomic E-state index is 2.40. The van der Waals surface area contributed by atoms with Gasteiger partial charge in [-0.3, -0.25) is 0 Å². The van der Waals surface area contributed by atoms with Gasteiger partial charge in [0.25, 0.3) is 0 Å². The zero-order chi connectivity index (χ0) is 17.1. The summed E-state index contributed by atoms with van der Waals surface area (Å²) in [4.78, 5) is 0. The van der Waals surface area contributed by atoms with E-state index in [0.29, 0.717) is 11.8 Å². The molecule has 0 amide bonds. The first-order valence-corrected chi connectivity index (χ1v) is 9.30. The van der Waals surface area contributed by atoms with Gasteiger partial charge in [-0.05, 0) is 43.8 Å². The van der Waals surface area contributed by atoms with E-state index in [1.807, 2.05) is 0 Å². The third kappa shape index (κ3) is 1.84. The van der Waals surface area contributed by atoms with Crippen molar-refractivity contribution in [2.45, 2.75) is 11.8 Å². The molecule has 0 fully saturated rings. The molecule has 0 nitrogen and oxygen atoms in total. The van der Waals surface area contributed by atoms with Crippen LogP contribution in [0.25, 0.3) is 33.7 Å². The quantitative estimate of drug-likeness (QED) is 0.355. The molecule has 0 bridgehead atoms. The van der Waals surface area contributed by atoms with Gasteiger partial charge in [0.15, 0.2) is 0 Å². The van der Waals surface area contributed by atoms with Crippen molar-refractivity contribution in [3.05, 3.63) is 107 Å². The van der Waals surface area contributed by atoms with Crippen molar-refractivity contribution in [1.29, 1.82) is 0 Å². The minimum absolute atomic E-state index is 0.379. The lowest BCUT2D eigenvalue weighted by molar-refractivity contribution is 0.748. The third-order valence-corrected chi connectivity index (χ3v) is 6.01. The highest BCUT2D eigenvalue weighted by molar-refractivity contribution is 5.98. The van der Waals surface area contributed by atoms with E-state index in [4.69, 9.17) is 0 Å². The van der Waals surface area contributed by atoms with Crippen LogP contribution in [0.15, 0.2) is 84.9 Å². The summed E-state index contributed by atoms with van der Waals surface area (Å²) in [5, 5.41) is 5.52. The minimum Gasteiger partial charge on any atom is -0.0754 e. The molecule has 4 aromatic rings. The average molecular weight is 330 g/mol. The summed E-state index contributed by atoms with van der Waals surface area (Å²) >= 11 is 0. The fourth-order valence-electron chi connectivity index (χ4n) is 4.88. The summed E-state index contributed by atoms with van der Waals surface area (Å²) in [6.07, 6.45) is 9.43. The van der Waals surface area contributed by atoms with Crippen molar-refractivity contribution in [3.8, 4) is 0 Å². The Labute approximate surface area is 153 Å². The van der Waals surface area contributed by atoms with E-state index >= 15 is 0 Å². The number of hydrogen-bond donors (Lipinski definition) is 0. The van der Waals surface area contributed by atoms with Gasteiger partial charge in [0, 0.05) is 11.8 Å². The van der Waals surface area contributed by atoms with Crippen LogP contribution >= 0.6 is 0 Å². The van der Waals surface area contributed by atoms with Crippen LogP contribution in [0.3, 0.4) is 0 Å². The van der Waals surface area contributed by atoms with E-state index in [9.17, 15) is 0 Å². The van der Waals surface area contributed by atoms with Crippen molar-refractivity contribution >= 4 is 33.7 Å². The van der Waals surface area contributed by atoms with Gasteiger partial charge >= 0.3 is 0 Å². The number of benzene rings is 4. The van der Waals surface area contributed by atoms with E-state index in [-0.39, 0.29) is 0 Å². The van der Waals surface area contributed by atoms with Crippen LogP contribution in [0, 0.1) is 0 Å². The molecule has 2 atom stereocenters. The summed E-state index contributed by atoms with van der Waals surface area (Å²) in [7, 11) is 0. The third-order valence-electron chi connectivity index (χ3n) is 6.01. The molecule has 0 aromatic heterocycles. The Morgan fingerprint density at radius 1 is 0.462 bits per heavy atom. The molecule has 0 spiro atoms.